The first kappa shape index (κ1) is 18.2. The monoisotopic (exact) mass is 416 g/mol. The summed E-state index contributed by atoms with van der Waals surface area (Å²) in [5.74, 6) is 0.941. The van der Waals surface area contributed by atoms with Crippen molar-refractivity contribution in [3.63, 3.8) is 0 Å². The second-order valence-electron chi connectivity index (χ2n) is 7.77. The molecule has 1 aliphatic heterocycles. The van der Waals surface area contributed by atoms with Gasteiger partial charge < -0.3 is 4.74 Å². The molecule has 5 aromatic rings. The van der Waals surface area contributed by atoms with Gasteiger partial charge in [-0.05, 0) is 40.4 Å². The fraction of sp³-hybridized carbons (Fsp3) is 0.0345. The Morgan fingerprint density at radius 3 is 2.03 bits per heavy atom. The van der Waals surface area contributed by atoms with Gasteiger partial charge in [-0.2, -0.15) is 0 Å². The van der Waals surface area contributed by atoms with Gasteiger partial charge in [-0.25, -0.2) is 0 Å². The third kappa shape index (κ3) is 2.91. The molecule has 0 atom stereocenters. The average molecular weight is 417 g/mol. The summed E-state index contributed by atoms with van der Waals surface area (Å²) >= 11 is 1.75. The van der Waals surface area contributed by atoms with Gasteiger partial charge in [0.05, 0.1) is 0 Å². The van der Waals surface area contributed by atoms with Crippen LogP contribution in [0.5, 0.6) is 5.75 Å². The number of ether oxygens (including phenoxy) is 1. The van der Waals surface area contributed by atoms with Crippen molar-refractivity contribution in [3.8, 4) is 16.2 Å². The zero-order chi connectivity index (χ0) is 20.7. The number of rotatable bonds is 3. The Balaban J connectivity index is 1.66. The molecule has 0 fully saturated rings. The second-order valence-corrected chi connectivity index (χ2v) is 8.72. The topological polar surface area (TPSA) is 9.23 Å². The Morgan fingerprint density at radius 1 is 0.677 bits per heavy atom. The summed E-state index contributed by atoms with van der Waals surface area (Å²) in [6.07, 6.45) is 4.46. The molecule has 0 saturated carbocycles. The molecule has 0 aliphatic carbocycles. The Hall–Kier alpha value is -3.62. The predicted molar refractivity (Wildman–Crippen MR) is 131 cm³/mol. The van der Waals surface area contributed by atoms with Gasteiger partial charge in [0, 0.05) is 27.1 Å². The molecule has 2 heteroatoms. The lowest BCUT2D eigenvalue weighted by Gasteiger charge is -2.37. The van der Waals surface area contributed by atoms with E-state index in [1.807, 2.05) is 12.1 Å². The first-order valence-corrected chi connectivity index (χ1v) is 11.3. The number of thiophene rings is 1. The zero-order valence-electron chi connectivity index (χ0n) is 16.9. The average Bonchev–Trinajstić information content (AvgIpc) is 3.39. The van der Waals surface area contributed by atoms with Crippen LogP contribution >= 0.6 is 11.3 Å². The van der Waals surface area contributed by atoms with E-state index in [9.17, 15) is 0 Å². The van der Waals surface area contributed by atoms with Crippen LogP contribution in [0.15, 0.2) is 115 Å². The van der Waals surface area contributed by atoms with Crippen molar-refractivity contribution in [2.45, 2.75) is 5.60 Å². The fourth-order valence-electron chi connectivity index (χ4n) is 4.49. The lowest BCUT2D eigenvalue weighted by atomic mass is 9.82. The SMILES string of the molecule is C1=CC(c2ccccc2)(c2ccccc2)Oc2c(-c3cccs3)cc3ccccc3c21. The van der Waals surface area contributed by atoms with Crippen LogP contribution in [0.3, 0.4) is 0 Å². The molecular weight excluding hydrogens is 396 g/mol. The van der Waals surface area contributed by atoms with Crippen LogP contribution in [0.25, 0.3) is 27.3 Å². The largest absolute Gasteiger partial charge is 0.472 e. The maximum absolute atomic E-state index is 7.07. The molecule has 0 amide bonds. The van der Waals surface area contributed by atoms with Gasteiger partial charge in [-0.3, -0.25) is 0 Å². The van der Waals surface area contributed by atoms with Crippen molar-refractivity contribution in [1.82, 2.24) is 0 Å². The molecule has 4 aromatic carbocycles. The first-order chi connectivity index (χ1) is 15.4. The van der Waals surface area contributed by atoms with Crippen molar-refractivity contribution in [2.75, 3.05) is 0 Å². The summed E-state index contributed by atoms with van der Waals surface area (Å²) < 4.78 is 7.07. The van der Waals surface area contributed by atoms with E-state index in [-0.39, 0.29) is 0 Å². The van der Waals surface area contributed by atoms with E-state index in [0.29, 0.717) is 0 Å². The molecule has 0 N–H and O–H groups in total. The van der Waals surface area contributed by atoms with Crippen LogP contribution in [0.2, 0.25) is 0 Å². The van der Waals surface area contributed by atoms with Gasteiger partial charge in [0.15, 0.2) is 5.60 Å². The van der Waals surface area contributed by atoms with E-state index in [1.165, 1.54) is 15.6 Å². The number of benzene rings is 4. The Labute approximate surface area is 185 Å². The molecular formula is C29H20OS. The molecule has 148 valence electrons. The van der Waals surface area contributed by atoms with E-state index < -0.39 is 5.60 Å². The standard InChI is InChI=1S/C29H20OS/c1-3-11-22(12-4-1)29(23-13-5-2-6-14-23)18-17-25-24-15-8-7-10-21(24)20-26(28(25)30-29)27-16-9-19-31-27/h1-20H. The van der Waals surface area contributed by atoms with E-state index in [0.717, 1.165) is 28.0 Å². The lowest BCUT2D eigenvalue weighted by molar-refractivity contribution is 0.162. The minimum atomic E-state index is -0.677. The van der Waals surface area contributed by atoms with E-state index in [1.54, 1.807) is 11.3 Å². The van der Waals surface area contributed by atoms with Crippen molar-refractivity contribution in [2.24, 2.45) is 0 Å². The van der Waals surface area contributed by atoms with Crippen molar-refractivity contribution in [1.29, 1.82) is 0 Å². The molecule has 0 radical (unpaired) electrons. The van der Waals surface area contributed by atoms with E-state index in [4.69, 9.17) is 4.74 Å². The van der Waals surface area contributed by atoms with Gasteiger partial charge in [0.25, 0.3) is 0 Å². The fourth-order valence-corrected chi connectivity index (χ4v) is 5.23. The highest BCUT2D eigenvalue weighted by Crippen LogP contribution is 2.49. The van der Waals surface area contributed by atoms with Gasteiger partial charge in [0.2, 0.25) is 0 Å². The molecule has 0 saturated heterocycles. The first-order valence-electron chi connectivity index (χ1n) is 10.4. The van der Waals surface area contributed by atoms with Gasteiger partial charge in [-0.15, -0.1) is 11.3 Å². The van der Waals surface area contributed by atoms with Crippen LogP contribution < -0.4 is 4.74 Å². The van der Waals surface area contributed by atoms with Crippen LogP contribution in [0.4, 0.5) is 0 Å². The van der Waals surface area contributed by atoms with Crippen LogP contribution in [0, 0.1) is 0 Å². The highest BCUT2D eigenvalue weighted by atomic mass is 32.1. The molecule has 31 heavy (non-hydrogen) atoms. The zero-order valence-corrected chi connectivity index (χ0v) is 17.7. The molecule has 6 rings (SSSR count). The Bertz CT molecular complexity index is 1340. The number of hydrogen-bond acceptors (Lipinski definition) is 2. The predicted octanol–water partition coefficient (Wildman–Crippen LogP) is 7.92. The third-order valence-corrected chi connectivity index (χ3v) is 6.88. The van der Waals surface area contributed by atoms with Crippen LogP contribution in [-0.4, -0.2) is 0 Å². The van der Waals surface area contributed by atoms with Crippen LogP contribution in [-0.2, 0) is 5.60 Å². The van der Waals surface area contributed by atoms with Gasteiger partial charge in [0.1, 0.15) is 5.75 Å². The van der Waals surface area contributed by atoms with Crippen molar-refractivity contribution >= 4 is 28.2 Å². The molecule has 1 nitrogen and oxygen atoms in total. The normalized spacial score (nSPS) is 14.2. The Morgan fingerprint density at radius 2 is 1.35 bits per heavy atom. The highest BCUT2D eigenvalue weighted by molar-refractivity contribution is 7.13. The summed E-state index contributed by atoms with van der Waals surface area (Å²) in [4.78, 5) is 1.22. The van der Waals surface area contributed by atoms with Crippen molar-refractivity contribution in [3.05, 3.63) is 131 Å². The molecule has 1 aromatic heterocycles. The number of hydrogen-bond donors (Lipinski definition) is 0. The summed E-state index contributed by atoms with van der Waals surface area (Å²) in [7, 11) is 0. The quantitative estimate of drug-likeness (QED) is 0.290. The summed E-state index contributed by atoms with van der Waals surface area (Å²) in [5, 5.41) is 4.56. The van der Waals surface area contributed by atoms with E-state index in [2.05, 4.69) is 109 Å². The second kappa shape index (κ2) is 7.26. The highest BCUT2D eigenvalue weighted by Gasteiger charge is 2.38. The van der Waals surface area contributed by atoms with E-state index >= 15 is 0 Å². The van der Waals surface area contributed by atoms with Gasteiger partial charge >= 0.3 is 0 Å². The van der Waals surface area contributed by atoms with Crippen LogP contribution in [0.1, 0.15) is 16.7 Å². The molecule has 0 bridgehead atoms. The van der Waals surface area contributed by atoms with Crippen molar-refractivity contribution < 1.29 is 4.74 Å². The minimum Gasteiger partial charge on any atom is -0.472 e. The third-order valence-electron chi connectivity index (χ3n) is 5.98. The maximum atomic E-state index is 7.07. The molecule has 1 aliphatic rings. The maximum Gasteiger partial charge on any atom is 0.178 e. The molecule has 0 unspecified atom stereocenters. The molecule has 0 spiro atoms. The summed E-state index contributed by atoms with van der Waals surface area (Å²) in [6, 6.07) is 36.1. The number of fused-ring (bicyclic) bond motifs is 3. The Kier molecular flexibility index (Phi) is 4.26. The van der Waals surface area contributed by atoms with Gasteiger partial charge in [-0.1, -0.05) is 91.0 Å². The lowest BCUT2D eigenvalue weighted by Crippen LogP contribution is -2.34. The summed E-state index contributed by atoms with van der Waals surface area (Å²) in [5.41, 5.74) is 3.85. The summed E-state index contributed by atoms with van der Waals surface area (Å²) in [6.45, 7) is 0. The molecule has 2 heterocycles. The smallest absolute Gasteiger partial charge is 0.178 e. The minimum absolute atomic E-state index is 0.677.